The van der Waals surface area contributed by atoms with Crippen LogP contribution in [0, 0.1) is 12.7 Å². The molecule has 2 aromatic heterocycles. The number of hydrogen-bond acceptors (Lipinski definition) is 4. The van der Waals surface area contributed by atoms with Crippen molar-refractivity contribution in [1.82, 2.24) is 15.3 Å². The first-order chi connectivity index (χ1) is 8.70. The van der Waals surface area contributed by atoms with Gasteiger partial charge in [-0.1, -0.05) is 6.92 Å². The molecule has 0 saturated carbocycles. The summed E-state index contributed by atoms with van der Waals surface area (Å²) in [6.07, 6.45) is 3.57. The number of nitrogens with zero attached hydrogens (tertiary/aromatic N) is 2. The van der Waals surface area contributed by atoms with Gasteiger partial charge in [0.2, 0.25) is 0 Å². The van der Waals surface area contributed by atoms with Crippen molar-refractivity contribution < 1.29 is 4.39 Å². The smallest absolute Gasteiger partial charge is 0.146 e. The molecule has 0 saturated heterocycles. The molecule has 2 heterocycles. The maximum Gasteiger partial charge on any atom is 0.146 e. The van der Waals surface area contributed by atoms with Gasteiger partial charge in [-0.15, -0.1) is 11.3 Å². The molecule has 0 aliphatic carbocycles. The summed E-state index contributed by atoms with van der Waals surface area (Å²) in [7, 11) is 0. The van der Waals surface area contributed by atoms with Crippen LogP contribution in [0.3, 0.4) is 0 Å². The third-order valence-corrected chi connectivity index (χ3v) is 3.53. The lowest BCUT2D eigenvalue weighted by atomic mass is 10.0. The molecule has 0 amide bonds. The highest BCUT2D eigenvalue weighted by Gasteiger charge is 2.16. The van der Waals surface area contributed by atoms with Crippen molar-refractivity contribution >= 4 is 11.3 Å². The molecule has 1 N–H and O–H groups in total. The zero-order chi connectivity index (χ0) is 13.0. The van der Waals surface area contributed by atoms with Crippen molar-refractivity contribution in [3.8, 4) is 0 Å². The Morgan fingerprint density at radius 2 is 2.33 bits per heavy atom. The summed E-state index contributed by atoms with van der Waals surface area (Å²) in [5, 5.41) is 6.36. The van der Waals surface area contributed by atoms with E-state index in [1.54, 1.807) is 23.6 Å². The van der Waals surface area contributed by atoms with Crippen LogP contribution < -0.4 is 5.32 Å². The van der Waals surface area contributed by atoms with Crippen molar-refractivity contribution in [3.63, 3.8) is 0 Å². The summed E-state index contributed by atoms with van der Waals surface area (Å²) in [6.45, 7) is 4.78. The van der Waals surface area contributed by atoms with Crippen molar-refractivity contribution in [2.24, 2.45) is 0 Å². The second-order valence-electron chi connectivity index (χ2n) is 4.07. The Labute approximate surface area is 110 Å². The standard InChI is InChI=1S/C13H16FN3S/c1-3-16-13(6-10-8-18-9(2)17-10)11-4-5-15-7-12(11)14/h4-5,7-8,13,16H,3,6H2,1-2H3. The number of hydrogen-bond donors (Lipinski definition) is 1. The Kier molecular flexibility index (Phi) is 4.38. The van der Waals surface area contributed by atoms with E-state index < -0.39 is 0 Å². The van der Waals surface area contributed by atoms with E-state index in [4.69, 9.17) is 0 Å². The van der Waals surface area contributed by atoms with Crippen LogP contribution in [0.4, 0.5) is 4.39 Å². The number of halogens is 1. The molecule has 5 heteroatoms. The fourth-order valence-electron chi connectivity index (χ4n) is 1.92. The molecule has 0 spiro atoms. The number of rotatable bonds is 5. The molecule has 0 aliphatic rings. The van der Waals surface area contributed by atoms with Crippen molar-refractivity contribution in [2.45, 2.75) is 26.3 Å². The van der Waals surface area contributed by atoms with Gasteiger partial charge in [-0.05, 0) is 19.5 Å². The maximum absolute atomic E-state index is 13.8. The van der Waals surface area contributed by atoms with Crippen LogP contribution in [0.5, 0.6) is 0 Å². The second-order valence-corrected chi connectivity index (χ2v) is 5.13. The number of pyridine rings is 1. The van der Waals surface area contributed by atoms with E-state index in [2.05, 4.69) is 15.3 Å². The zero-order valence-corrected chi connectivity index (χ0v) is 11.3. The molecule has 96 valence electrons. The summed E-state index contributed by atoms with van der Waals surface area (Å²) in [4.78, 5) is 8.21. The predicted molar refractivity (Wildman–Crippen MR) is 71.2 cm³/mol. The molecule has 0 aliphatic heterocycles. The Hall–Kier alpha value is -1.33. The first-order valence-corrected chi connectivity index (χ1v) is 6.82. The van der Waals surface area contributed by atoms with Gasteiger partial charge in [-0.25, -0.2) is 9.37 Å². The third kappa shape index (κ3) is 3.11. The van der Waals surface area contributed by atoms with Crippen molar-refractivity contribution in [3.05, 3.63) is 45.9 Å². The molecule has 1 atom stereocenters. The van der Waals surface area contributed by atoms with Gasteiger partial charge < -0.3 is 5.32 Å². The van der Waals surface area contributed by atoms with Gasteiger partial charge in [-0.3, -0.25) is 4.98 Å². The predicted octanol–water partition coefficient (Wildman–Crippen LogP) is 2.88. The average Bonchev–Trinajstić information content (AvgIpc) is 2.75. The molecule has 3 nitrogen and oxygen atoms in total. The summed E-state index contributed by atoms with van der Waals surface area (Å²) in [6, 6.07) is 1.67. The van der Waals surface area contributed by atoms with Gasteiger partial charge in [0.05, 0.1) is 16.9 Å². The van der Waals surface area contributed by atoms with Crippen LogP contribution in [0.1, 0.15) is 29.2 Å². The molecule has 0 fully saturated rings. The van der Waals surface area contributed by atoms with E-state index in [9.17, 15) is 4.39 Å². The number of likely N-dealkylation sites (N-methyl/N-ethyl adjacent to an activating group) is 1. The Bertz CT molecular complexity index is 512. The zero-order valence-electron chi connectivity index (χ0n) is 10.5. The van der Waals surface area contributed by atoms with Crippen LogP contribution in [0.2, 0.25) is 0 Å². The summed E-state index contributed by atoms with van der Waals surface area (Å²) in [5.41, 5.74) is 1.65. The van der Waals surface area contributed by atoms with Crippen molar-refractivity contribution in [2.75, 3.05) is 6.54 Å². The topological polar surface area (TPSA) is 37.8 Å². The molecule has 0 aromatic carbocycles. The minimum absolute atomic E-state index is 0.0560. The Morgan fingerprint density at radius 3 is 2.94 bits per heavy atom. The van der Waals surface area contributed by atoms with Gasteiger partial charge in [0.1, 0.15) is 5.82 Å². The normalized spacial score (nSPS) is 12.6. The van der Waals surface area contributed by atoms with E-state index in [0.29, 0.717) is 12.0 Å². The number of aryl methyl sites for hydroxylation is 1. The fourth-order valence-corrected chi connectivity index (χ4v) is 2.54. The van der Waals surface area contributed by atoms with Crippen LogP contribution in [0.15, 0.2) is 23.8 Å². The maximum atomic E-state index is 13.8. The van der Waals surface area contributed by atoms with Gasteiger partial charge >= 0.3 is 0 Å². The quantitative estimate of drug-likeness (QED) is 0.903. The lowest BCUT2D eigenvalue weighted by molar-refractivity contribution is 0.504. The SMILES string of the molecule is CCNC(Cc1csc(C)n1)c1ccncc1F. The van der Waals surface area contributed by atoms with Crippen LogP contribution in [-0.4, -0.2) is 16.5 Å². The largest absolute Gasteiger partial charge is 0.310 e. The van der Waals surface area contributed by atoms with Crippen molar-refractivity contribution in [1.29, 1.82) is 0 Å². The third-order valence-electron chi connectivity index (χ3n) is 2.71. The van der Waals surface area contributed by atoms with Crippen LogP contribution in [0.25, 0.3) is 0 Å². The van der Waals surface area contributed by atoms with E-state index in [1.165, 1.54) is 6.20 Å². The number of nitrogens with one attached hydrogen (secondary N) is 1. The number of aromatic nitrogens is 2. The highest BCUT2D eigenvalue weighted by Crippen LogP contribution is 2.21. The molecular formula is C13H16FN3S. The molecule has 2 aromatic rings. The van der Waals surface area contributed by atoms with Crippen LogP contribution in [-0.2, 0) is 6.42 Å². The molecule has 18 heavy (non-hydrogen) atoms. The molecular weight excluding hydrogens is 249 g/mol. The van der Waals surface area contributed by atoms with Crippen LogP contribution >= 0.6 is 11.3 Å². The summed E-state index contributed by atoms with van der Waals surface area (Å²) < 4.78 is 13.8. The van der Waals surface area contributed by atoms with E-state index in [0.717, 1.165) is 17.2 Å². The van der Waals surface area contributed by atoms with Gasteiger partial charge in [0.15, 0.2) is 0 Å². The second kappa shape index (κ2) is 6.02. The lowest BCUT2D eigenvalue weighted by Crippen LogP contribution is -2.24. The number of thiazole rings is 1. The highest BCUT2D eigenvalue weighted by molar-refractivity contribution is 7.09. The molecule has 1 unspecified atom stereocenters. The lowest BCUT2D eigenvalue weighted by Gasteiger charge is -2.17. The minimum Gasteiger partial charge on any atom is -0.310 e. The van der Waals surface area contributed by atoms with Gasteiger partial charge in [0.25, 0.3) is 0 Å². The Balaban J connectivity index is 2.20. The first kappa shape index (κ1) is 13.1. The fraction of sp³-hybridized carbons (Fsp3) is 0.385. The molecule has 0 radical (unpaired) electrons. The van der Waals surface area contributed by atoms with E-state index in [-0.39, 0.29) is 11.9 Å². The molecule has 2 rings (SSSR count). The van der Waals surface area contributed by atoms with Gasteiger partial charge in [0, 0.05) is 29.6 Å². The monoisotopic (exact) mass is 265 g/mol. The van der Waals surface area contributed by atoms with Gasteiger partial charge in [-0.2, -0.15) is 0 Å². The Morgan fingerprint density at radius 1 is 1.50 bits per heavy atom. The van der Waals surface area contributed by atoms with E-state index in [1.807, 2.05) is 19.2 Å². The first-order valence-electron chi connectivity index (χ1n) is 5.94. The minimum atomic E-state index is -0.268. The van der Waals surface area contributed by atoms with E-state index >= 15 is 0 Å². The summed E-state index contributed by atoms with van der Waals surface area (Å²) in [5.74, 6) is -0.268. The highest BCUT2D eigenvalue weighted by atomic mass is 32.1. The average molecular weight is 265 g/mol. The molecule has 0 bridgehead atoms. The summed E-state index contributed by atoms with van der Waals surface area (Å²) >= 11 is 1.62.